The van der Waals surface area contributed by atoms with Gasteiger partial charge in [0, 0.05) is 16.3 Å². The predicted octanol–water partition coefficient (Wildman–Crippen LogP) is 4.29. The third-order valence-corrected chi connectivity index (χ3v) is 5.31. The van der Waals surface area contributed by atoms with E-state index in [1.54, 1.807) is 0 Å². The van der Waals surface area contributed by atoms with Gasteiger partial charge in [-0.1, -0.05) is 41.9 Å². The molecule has 0 saturated heterocycles. The highest BCUT2D eigenvalue weighted by molar-refractivity contribution is 7.99. The maximum atomic E-state index is 5.93. The highest BCUT2D eigenvalue weighted by atomic mass is 35.5. The van der Waals surface area contributed by atoms with Crippen LogP contribution in [0.3, 0.4) is 0 Å². The summed E-state index contributed by atoms with van der Waals surface area (Å²) in [6.07, 6.45) is 0. The SMILES string of the molecule is CNC1c2ccccc2OCC1SCc1ccc(Cl)cc1. The smallest absolute Gasteiger partial charge is 0.124 e. The minimum absolute atomic E-state index is 0.326. The summed E-state index contributed by atoms with van der Waals surface area (Å²) in [5.74, 6) is 1.96. The summed E-state index contributed by atoms with van der Waals surface area (Å²) in [7, 11) is 2.02. The molecule has 0 aromatic heterocycles. The molecular formula is C17H18ClNOS. The molecule has 21 heavy (non-hydrogen) atoms. The van der Waals surface area contributed by atoms with Crippen LogP contribution in [0.4, 0.5) is 0 Å². The number of para-hydroxylation sites is 1. The van der Waals surface area contributed by atoms with E-state index in [0.29, 0.717) is 11.3 Å². The summed E-state index contributed by atoms with van der Waals surface area (Å²) >= 11 is 7.85. The molecular weight excluding hydrogens is 302 g/mol. The fourth-order valence-corrected chi connectivity index (χ4v) is 3.97. The van der Waals surface area contributed by atoms with E-state index < -0.39 is 0 Å². The van der Waals surface area contributed by atoms with E-state index in [0.717, 1.165) is 23.1 Å². The minimum atomic E-state index is 0.326. The summed E-state index contributed by atoms with van der Waals surface area (Å²) in [5, 5.41) is 4.62. The second-order valence-corrected chi connectivity index (χ2v) is 6.76. The largest absolute Gasteiger partial charge is 0.492 e. The number of halogens is 1. The van der Waals surface area contributed by atoms with Crippen molar-refractivity contribution in [1.29, 1.82) is 0 Å². The van der Waals surface area contributed by atoms with Gasteiger partial charge in [0.2, 0.25) is 0 Å². The molecule has 110 valence electrons. The number of rotatable bonds is 4. The Balaban J connectivity index is 1.70. The van der Waals surface area contributed by atoms with Crippen LogP contribution in [0.15, 0.2) is 48.5 Å². The van der Waals surface area contributed by atoms with E-state index in [4.69, 9.17) is 16.3 Å². The standard InChI is InChI=1S/C17H18ClNOS/c1-19-17-14-4-2-3-5-15(14)20-10-16(17)21-11-12-6-8-13(18)9-7-12/h2-9,16-17,19H,10-11H2,1H3. The van der Waals surface area contributed by atoms with Crippen LogP contribution in [0, 0.1) is 0 Å². The van der Waals surface area contributed by atoms with Crippen LogP contribution in [0.25, 0.3) is 0 Å². The average molecular weight is 320 g/mol. The summed E-state index contributed by atoms with van der Waals surface area (Å²) in [4.78, 5) is 0. The number of hydrogen-bond acceptors (Lipinski definition) is 3. The zero-order chi connectivity index (χ0) is 14.7. The Bertz CT molecular complexity index is 602. The Kier molecular flexibility index (Phi) is 4.73. The number of benzene rings is 2. The Hall–Kier alpha value is -1.16. The van der Waals surface area contributed by atoms with Crippen molar-refractivity contribution >= 4 is 23.4 Å². The van der Waals surface area contributed by atoms with E-state index in [2.05, 4.69) is 29.6 Å². The van der Waals surface area contributed by atoms with Crippen molar-refractivity contribution in [3.05, 3.63) is 64.7 Å². The first kappa shape index (κ1) is 14.8. The molecule has 2 unspecified atom stereocenters. The minimum Gasteiger partial charge on any atom is -0.492 e. The molecule has 0 spiro atoms. The molecule has 3 rings (SSSR count). The topological polar surface area (TPSA) is 21.3 Å². The second kappa shape index (κ2) is 6.73. The first-order valence-electron chi connectivity index (χ1n) is 7.03. The molecule has 2 aromatic rings. The lowest BCUT2D eigenvalue weighted by molar-refractivity contribution is 0.265. The van der Waals surface area contributed by atoms with Crippen LogP contribution in [-0.2, 0) is 5.75 Å². The van der Waals surface area contributed by atoms with Crippen LogP contribution >= 0.6 is 23.4 Å². The van der Waals surface area contributed by atoms with Crippen molar-refractivity contribution in [2.24, 2.45) is 0 Å². The number of ether oxygens (including phenoxy) is 1. The Labute approximate surface area is 134 Å². The normalized spacial score (nSPS) is 20.7. The van der Waals surface area contributed by atoms with Gasteiger partial charge >= 0.3 is 0 Å². The highest BCUT2D eigenvalue weighted by Crippen LogP contribution is 2.38. The van der Waals surface area contributed by atoms with Gasteiger partial charge in [0.05, 0.1) is 11.3 Å². The molecule has 0 aliphatic carbocycles. The lowest BCUT2D eigenvalue weighted by Gasteiger charge is -2.33. The molecule has 0 fully saturated rings. The first-order chi connectivity index (χ1) is 10.3. The van der Waals surface area contributed by atoms with Crippen molar-refractivity contribution in [3.63, 3.8) is 0 Å². The van der Waals surface area contributed by atoms with Crippen LogP contribution in [0.1, 0.15) is 17.2 Å². The summed E-state index contributed by atoms with van der Waals surface area (Å²) < 4.78 is 5.89. The third-order valence-electron chi connectivity index (χ3n) is 3.72. The van der Waals surface area contributed by atoms with E-state index >= 15 is 0 Å². The van der Waals surface area contributed by atoms with Gasteiger partial charge in [-0.25, -0.2) is 0 Å². The van der Waals surface area contributed by atoms with Gasteiger partial charge in [0.15, 0.2) is 0 Å². The molecule has 0 radical (unpaired) electrons. The number of nitrogens with one attached hydrogen (secondary N) is 1. The predicted molar refractivity (Wildman–Crippen MR) is 90.3 cm³/mol. The molecule has 0 saturated carbocycles. The molecule has 1 aliphatic heterocycles. The zero-order valence-electron chi connectivity index (χ0n) is 11.9. The molecule has 0 amide bonds. The Morgan fingerprint density at radius 2 is 1.95 bits per heavy atom. The number of fused-ring (bicyclic) bond motifs is 1. The molecule has 0 bridgehead atoms. The monoisotopic (exact) mass is 319 g/mol. The average Bonchev–Trinajstić information content (AvgIpc) is 2.53. The molecule has 1 heterocycles. The van der Waals surface area contributed by atoms with Gasteiger partial charge in [-0.2, -0.15) is 0 Å². The molecule has 2 atom stereocenters. The van der Waals surface area contributed by atoms with Crippen LogP contribution in [0.5, 0.6) is 5.75 Å². The van der Waals surface area contributed by atoms with Gasteiger partial charge in [0.1, 0.15) is 12.4 Å². The van der Waals surface area contributed by atoms with Crippen molar-refractivity contribution in [2.45, 2.75) is 17.0 Å². The number of hydrogen-bond donors (Lipinski definition) is 1. The Morgan fingerprint density at radius 1 is 1.19 bits per heavy atom. The summed E-state index contributed by atoms with van der Waals surface area (Å²) in [6.45, 7) is 0.737. The van der Waals surface area contributed by atoms with Crippen LogP contribution in [0.2, 0.25) is 5.02 Å². The third kappa shape index (κ3) is 3.37. The van der Waals surface area contributed by atoms with Crippen LogP contribution in [-0.4, -0.2) is 18.9 Å². The van der Waals surface area contributed by atoms with E-state index in [9.17, 15) is 0 Å². The fraction of sp³-hybridized carbons (Fsp3) is 0.294. The Morgan fingerprint density at radius 3 is 2.71 bits per heavy atom. The number of thioether (sulfide) groups is 1. The van der Waals surface area contributed by atoms with Gasteiger partial charge in [0.25, 0.3) is 0 Å². The van der Waals surface area contributed by atoms with Gasteiger partial charge in [-0.05, 0) is 30.8 Å². The van der Waals surface area contributed by atoms with E-state index in [1.165, 1.54) is 11.1 Å². The maximum Gasteiger partial charge on any atom is 0.124 e. The zero-order valence-corrected chi connectivity index (χ0v) is 13.5. The van der Waals surface area contributed by atoms with Crippen molar-refractivity contribution < 1.29 is 4.74 Å². The molecule has 4 heteroatoms. The first-order valence-corrected chi connectivity index (χ1v) is 8.45. The quantitative estimate of drug-likeness (QED) is 0.908. The van der Waals surface area contributed by atoms with Crippen molar-refractivity contribution in [3.8, 4) is 5.75 Å². The maximum absolute atomic E-state index is 5.93. The molecule has 2 aromatic carbocycles. The molecule has 1 aliphatic rings. The van der Waals surface area contributed by atoms with Gasteiger partial charge in [-0.3, -0.25) is 0 Å². The van der Waals surface area contributed by atoms with E-state index in [1.807, 2.05) is 43.1 Å². The van der Waals surface area contributed by atoms with E-state index in [-0.39, 0.29) is 0 Å². The highest BCUT2D eigenvalue weighted by Gasteiger charge is 2.29. The van der Waals surface area contributed by atoms with Crippen molar-refractivity contribution in [1.82, 2.24) is 5.32 Å². The molecule has 2 nitrogen and oxygen atoms in total. The fourth-order valence-electron chi connectivity index (χ4n) is 2.61. The van der Waals surface area contributed by atoms with Gasteiger partial charge < -0.3 is 10.1 Å². The summed E-state index contributed by atoms with van der Waals surface area (Å²) in [6, 6.07) is 16.7. The van der Waals surface area contributed by atoms with Crippen LogP contribution < -0.4 is 10.1 Å². The van der Waals surface area contributed by atoms with Gasteiger partial charge in [-0.15, -0.1) is 11.8 Å². The van der Waals surface area contributed by atoms with Crippen molar-refractivity contribution in [2.75, 3.05) is 13.7 Å². The lowest BCUT2D eigenvalue weighted by atomic mass is 10.0. The second-order valence-electron chi connectivity index (χ2n) is 5.09. The lowest BCUT2D eigenvalue weighted by Crippen LogP contribution is -2.35. The summed E-state index contributed by atoms with van der Waals surface area (Å²) in [5.41, 5.74) is 2.54. The molecule has 1 N–H and O–H groups in total.